The minimum Gasteiger partial charge on any atom is -0.437 e. The van der Waals surface area contributed by atoms with Crippen molar-refractivity contribution < 1.29 is 4.74 Å². The first-order valence-corrected chi connectivity index (χ1v) is 6.40. The molecule has 18 heavy (non-hydrogen) atoms. The Morgan fingerprint density at radius 3 is 2.78 bits per heavy atom. The summed E-state index contributed by atoms with van der Waals surface area (Å²) < 4.78 is 5.64. The van der Waals surface area contributed by atoms with Crippen molar-refractivity contribution in [1.29, 1.82) is 0 Å². The van der Waals surface area contributed by atoms with Gasteiger partial charge in [-0.05, 0) is 19.1 Å². The summed E-state index contributed by atoms with van der Waals surface area (Å²) in [5, 5.41) is 0.990. The van der Waals surface area contributed by atoms with Crippen molar-refractivity contribution >= 4 is 34.8 Å². The maximum absolute atomic E-state index is 6.02. The van der Waals surface area contributed by atoms with E-state index >= 15 is 0 Å². The molecule has 0 aliphatic carbocycles. The molecule has 1 heterocycles. The summed E-state index contributed by atoms with van der Waals surface area (Å²) in [6.07, 6.45) is 1.63. The van der Waals surface area contributed by atoms with E-state index in [0.717, 1.165) is 0 Å². The maximum Gasteiger partial charge on any atom is 0.227 e. The predicted molar refractivity (Wildman–Crippen MR) is 72.9 cm³/mol. The number of halogens is 3. The first-order chi connectivity index (χ1) is 8.60. The van der Waals surface area contributed by atoms with Crippen molar-refractivity contribution in [3.8, 4) is 11.6 Å². The molecule has 94 valence electrons. The second-order valence-electron chi connectivity index (χ2n) is 3.56. The number of aryl methyl sites for hydroxylation is 1. The summed E-state index contributed by atoms with van der Waals surface area (Å²) in [6.45, 7) is 1.77. The number of aromatic nitrogens is 2. The van der Waals surface area contributed by atoms with Gasteiger partial charge in [0.15, 0.2) is 0 Å². The molecule has 0 saturated heterocycles. The first kappa shape index (κ1) is 13.4. The number of nitrogens with zero attached hydrogens (tertiary/aromatic N) is 2. The third-order valence-electron chi connectivity index (χ3n) is 2.19. The van der Waals surface area contributed by atoms with Crippen LogP contribution in [-0.2, 0) is 5.88 Å². The molecule has 0 amide bonds. The van der Waals surface area contributed by atoms with E-state index in [0.29, 0.717) is 33.1 Å². The van der Waals surface area contributed by atoms with Gasteiger partial charge in [0.1, 0.15) is 11.6 Å². The van der Waals surface area contributed by atoms with Crippen molar-refractivity contribution in [2.24, 2.45) is 0 Å². The van der Waals surface area contributed by atoms with Crippen LogP contribution in [0.1, 0.15) is 11.4 Å². The summed E-state index contributed by atoms with van der Waals surface area (Å²) in [5.41, 5.74) is 0.693. The van der Waals surface area contributed by atoms with Crippen LogP contribution >= 0.6 is 34.8 Å². The fourth-order valence-electron chi connectivity index (χ4n) is 1.31. The topological polar surface area (TPSA) is 35.0 Å². The van der Waals surface area contributed by atoms with E-state index in [1.165, 1.54) is 0 Å². The van der Waals surface area contributed by atoms with Crippen LogP contribution in [0.15, 0.2) is 24.4 Å². The number of hydrogen-bond donors (Lipinski definition) is 0. The second-order valence-corrected chi connectivity index (χ2v) is 4.67. The van der Waals surface area contributed by atoms with Gasteiger partial charge in [-0.25, -0.2) is 4.98 Å². The third kappa shape index (κ3) is 3.05. The molecule has 0 bridgehead atoms. The SMILES string of the molecule is Cc1ncc(CCl)c(Oc2cc(Cl)ccc2Cl)n1. The van der Waals surface area contributed by atoms with Gasteiger partial charge in [-0.15, -0.1) is 11.6 Å². The second kappa shape index (κ2) is 5.74. The van der Waals surface area contributed by atoms with Gasteiger partial charge in [0.05, 0.1) is 10.9 Å². The Balaban J connectivity index is 2.38. The Bertz CT molecular complexity index is 575. The summed E-state index contributed by atoms with van der Waals surface area (Å²) in [7, 11) is 0. The molecule has 0 unspecified atom stereocenters. The van der Waals surface area contributed by atoms with E-state index in [1.807, 2.05) is 0 Å². The molecule has 1 aromatic heterocycles. The van der Waals surface area contributed by atoms with Gasteiger partial charge in [0.2, 0.25) is 5.88 Å². The third-order valence-corrected chi connectivity index (χ3v) is 3.02. The molecule has 0 radical (unpaired) electrons. The Hall–Kier alpha value is -1.03. The van der Waals surface area contributed by atoms with E-state index in [-0.39, 0.29) is 5.88 Å². The molecular weight excluding hydrogens is 295 g/mol. The summed E-state index contributed by atoms with van der Waals surface area (Å²) in [4.78, 5) is 8.25. The molecule has 2 aromatic rings. The first-order valence-electron chi connectivity index (χ1n) is 5.11. The molecule has 0 aliphatic heterocycles. The molecule has 0 N–H and O–H groups in total. The Morgan fingerprint density at radius 1 is 1.28 bits per heavy atom. The zero-order valence-corrected chi connectivity index (χ0v) is 11.7. The smallest absolute Gasteiger partial charge is 0.227 e. The molecule has 1 aromatic carbocycles. The largest absolute Gasteiger partial charge is 0.437 e. The van der Waals surface area contributed by atoms with Crippen LogP contribution in [-0.4, -0.2) is 9.97 Å². The van der Waals surface area contributed by atoms with Gasteiger partial charge >= 0.3 is 0 Å². The van der Waals surface area contributed by atoms with Gasteiger partial charge in [-0.1, -0.05) is 23.2 Å². The van der Waals surface area contributed by atoms with E-state index in [9.17, 15) is 0 Å². The minimum absolute atomic E-state index is 0.258. The molecule has 0 atom stereocenters. The van der Waals surface area contributed by atoms with Gasteiger partial charge in [0.25, 0.3) is 0 Å². The number of alkyl halides is 1. The minimum atomic E-state index is 0.258. The van der Waals surface area contributed by atoms with Crippen LogP contribution in [0.2, 0.25) is 10.0 Å². The highest BCUT2D eigenvalue weighted by atomic mass is 35.5. The number of ether oxygens (including phenoxy) is 1. The van der Waals surface area contributed by atoms with Crippen molar-refractivity contribution in [3.63, 3.8) is 0 Å². The summed E-state index contributed by atoms with van der Waals surface area (Å²) in [5.74, 6) is 1.68. The van der Waals surface area contributed by atoms with Gasteiger partial charge in [0, 0.05) is 22.8 Å². The fourth-order valence-corrected chi connectivity index (χ4v) is 1.82. The van der Waals surface area contributed by atoms with Crippen LogP contribution in [0.25, 0.3) is 0 Å². The normalized spacial score (nSPS) is 10.4. The van der Waals surface area contributed by atoms with E-state index in [2.05, 4.69) is 9.97 Å². The lowest BCUT2D eigenvalue weighted by Gasteiger charge is -2.10. The molecule has 0 saturated carbocycles. The molecule has 6 heteroatoms. The quantitative estimate of drug-likeness (QED) is 0.776. The van der Waals surface area contributed by atoms with Crippen molar-refractivity contribution in [2.45, 2.75) is 12.8 Å². The highest BCUT2D eigenvalue weighted by Gasteiger charge is 2.10. The Kier molecular flexibility index (Phi) is 4.27. The number of rotatable bonds is 3. The van der Waals surface area contributed by atoms with Crippen molar-refractivity contribution in [2.75, 3.05) is 0 Å². The lowest BCUT2D eigenvalue weighted by atomic mass is 10.3. The van der Waals surface area contributed by atoms with Gasteiger partial charge in [-0.3, -0.25) is 0 Å². The zero-order valence-electron chi connectivity index (χ0n) is 9.45. The number of benzene rings is 1. The highest BCUT2D eigenvalue weighted by Crippen LogP contribution is 2.32. The molecule has 0 fully saturated rings. The maximum atomic E-state index is 6.02. The van der Waals surface area contributed by atoms with Crippen molar-refractivity contribution in [1.82, 2.24) is 9.97 Å². The average molecular weight is 304 g/mol. The molecule has 0 spiro atoms. The standard InChI is InChI=1S/C12H9Cl3N2O/c1-7-16-6-8(5-13)12(17-7)18-11-4-9(14)2-3-10(11)15/h2-4,6H,5H2,1H3. The fraction of sp³-hybridized carbons (Fsp3) is 0.167. The Morgan fingerprint density at radius 2 is 2.06 bits per heavy atom. The van der Waals surface area contributed by atoms with Crippen LogP contribution in [0.5, 0.6) is 11.6 Å². The van der Waals surface area contributed by atoms with Crippen LogP contribution < -0.4 is 4.74 Å². The van der Waals surface area contributed by atoms with Gasteiger partial charge < -0.3 is 4.74 Å². The molecule has 2 rings (SSSR count). The summed E-state index contributed by atoms with van der Waals surface area (Å²) in [6, 6.07) is 4.97. The van der Waals surface area contributed by atoms with Gasteiger partial charge in [-0.2, -0.15) is 4.98 Å². The highest BCUT2D eigenvalue weighted by molar-refractivity contribution is 6.34. The van der Waals surface area contributed by atoms with Crippen LogP contribution in [0.3, 0.4) is 0 Å². The predicted octanol–water partition coefficient (Wildman–Crippen LogP) is 4.62. The van der Waals surface area contributed by atoms with Crippen LogP contribution in [0, 0.1) is 6.92 Å². The van der Waals surface area contributed by atoms with E-state index in [4.69, 9.17) is 39.5 Å². The summed E-state index contributed by atoms with van der Waals surface area (Å²) >= 11 is 17.7. The lowest BCUT2D eigenvalue weighted by molar-refractivity contribution is 0.455. The molecule has 3 nitrogen and oxygen atoms in total. The van der Waals surface area contributed by atoms with Crippen molar-refractivity contribution in [3.05, 3.63) is 45.8 Å². The number of hydrogen-bond acceptors (Lipinski definition) is 3. The monoisotopic (exact) mass is 302 g/mol. The Labute approximate surface area is 120 Å². The molecule has 0 aliphatic rings. The molecular formula is C12H9Cl3N2O. The van der Waals surface area contributed by atoms with Crippen LogP contribution in [0.4, 0.5) is 0 Å². The lowest BCUT2D eigenvalue weighted by Crippen LogP contribution is -1.97. The average Bonchev–Trinajstić information content (AvgIpc) is 2.34. The van der Waals surface area contributed by atoms with E-state index < -0.39 is 0 Å². The zero-order chi connectivity index (χ0) is 13.1. The van der Waals surface area contributed by atoms with E-state index in [1.54, 1.807) is 31.3 Å².